The van der Waals surface area contributed by atoms with Crippen molar-refractivity contribution in [2.75, 3.05) is 21.0 Å². The van der Waals surface area contributed by atoms with Crippen molar-refractivity contribution in [3.05, 3.63) is 0 Å². The fraction of sp³-hybridized carbons (Fsp3) is 0.900. The Morgan fingerprint density at radius 1 is 1.19 bits per heavy atom. The zero-order chi connectivity index (χ0) is 12.4. The van der Waals surface area contributed by atoms with Crippen molar-refractivity contribution in [2.24, 2.45) is 0 Å². The summed E-state index contributed by atoms with van der Waals surface area (Å²) in [5, 5.41) is 0. The fourth-order valence-corrected chi connectivity index (χ4v) is 3.14. The second-order valence-electron chi connectivity index (χ2n) is 3.33. The van der Waals surface area contributed by atoms with Crippen LogP contribution in [0.15, 0.2) is 0 Å². The number of hydrogen-bond donors (Lipinski definition) is 0. The molecule has 0 unspecified atom stereocenters. The predicted molar refractivity (Wildman–Crippen MR) is 61.8 cm³/mol. The quantitative estimate of drug-likeness (QED) is 0.355. The van der Waals surface area contributed by atoms with E-state index in [1.165, 1.54) is 0 Å². The molecule has 0 heterocycles. The molecule has 5 nitrogen and oxygen atoms in total. The van der Waals surface area contributed by atoms with Crippen LogP contribution in [0.1, 0.15) is 33.1 Å². The van der Waals surface area contributed by atoms with Crippen molar-refractivity contribution in [3.63, 3.8) is 0 Å². The molecule has 0 spiro atoms. The molecule has 0 aliphatic rings. The average Bonchev–Trinajstić information content (AvgIpc) is 2.33. The topological polar surface area (TPSA) is 54.0 Å². The molecule has 6 heteroatoms. The lowest BCUT2D eigenvalue weighted by Crippen LogP contribution is -2.44. The molecular formula is C10H22O5Si. The van der Waals surface area contributed by atoms with E-state index < -0.39 is 8.80 Å². The molecule has 0 saturated carbocycles. The minimum absolute atomic E-state index is 0.0930. The maximum atomic E-state index is 10.9. The van der Waals surface area contributed by atoms with E-state index in [-0.39, 0.29) is 12.8 Å². The Hall–Kier alpha value is -0.433. The fourth-order valence-electron chi connectivity index (χ4n) is 1.16. The third-order valence-corrected chi connectivity index (χ3v) is 5.01. The molecule has 0 aliphatic carbocycles. The van der Waals surface area contributed by atoms with Gasteiger partial charge >= 0.3 is 14.8 Å². The normalized spacial score (nSPS) is 11.5. The van der Waals surface area contributed by atoms with Crippen molar-refractivity contribution in [3.8, 4) is 0 Å². The van der Waals surface area contributed by atoms with Gasteiger partial charge in [0, 0.05) is 26.7 Å². The van der Waals surface area contributed by atoms with Gasteiger partial charge in [-0.15, -0.1) is 0 Å². The number of carbonyl (C=O) groups excluding carboxylic acids is 1. The summed E-state index contributed by atoms with van der Waals surface area (Å²) >= 11 is 0. The molecule has 0 saturated heterocycles. The molecule has 96 valence electrons. The minimum atomic E-state index is -2.62. The standard InChI is InChI=1S/C10H22O5Si/c1-5-7-8-16(12-3,13-4)15-9-14-10(11)6-2/h5-9H2,1-4H3. The summed E-state index contributed by atoms with van der Waals surface area (Å²) in [5.74, 6) is -0.286. The number of rotatable bonds is 9. The van der Waals surface area contributed by atoms with Crippen molar-refractivity contribution in [1.29, 1.82) is 0 Å². The van der Waals surface area contributed by atoms with Gasteiger partial charge in [-0.05, 0) is 6.42 Å². The van der Waals surface area contributed by atoms with Gasteiger partial charge in [0.05, 0.1) is 0 Å². The van der Waals surface area contributed by atoms with Crippen LogP contribution in [-0.2, 0) is 22.8 Å². The number of unbranched alkanes of at least 4 members (excludes halogenated alkanes) is 1. The largest absolute Gasteiger partial charge is 0.502 e. The third kappa shape index (κ3) is 5.60. The second kappa shape index (κ2) is 8.69. The monoisotopic (exact) mass is 250 g/mol. The molecule has 0 rings (SSSR count). The van der Waals surface area contributed by atoms with Gasteiger partial charge in [-0.25, -0.2) is 0 Å². The first-order valence-electron chi connectivity index (χ1n) is 5.54. The third-order valence-electron chi connectivity index (χ3n) is 2.25. The van der Waals surface area contributed by atoms with Crippen LogP contribution in [0.25, 0.3) is 0 Å². The molecular weight excluding hydrogens is 228 g/mol. The summed E-state index contributed by atoms with van der Waals surface area (Å²) in [5.41, 5.74) is 0. The van der Waals surface area contributed by atoms with Gasteiger partial charge in [-0.2, -0.15) is 0 Å². The summed E-state index contributed by atoms with van der Waals surface area (Å²) in [6, 6.07) is 0.736. The van der Waals surface area contributed by atoms with Crippen LogP contribution in [0.5, 0.6) is 0 Å². The summed E-state index contributed by atoms with van der Waals surface area (Å²) < 4.78 is 20.9. The van der Waals surface area contributed by atoms with Crippen LogP contribution >= 0.6 is 0 Å². The highest BCUT2D eigenvalue weighted by atomic mass is 28.4. The number of ether oxygens (including phenoxy) is 1. The van der Waals surface area contributed by atoms with Crippen LogP contribution in [0.2, 0.25) is 6.04 Å². The van der Waals surface area contributed by atoms with E-state index in [0.717, 1.165) is 18.9 Å². The summed E-state index contributed by atoms with van der Waals surface area (Å²) in [4.78, 5) is 10.9. The Bertz CT molecular complexity index is 194. The van der Waals surface area contributed by atoms with Crippen molar-refractivity contribution in [1.82, 2.24) is 0 Å². The molecule has 0 aromatic heterocycles. The van der Waals surface area contributed by atoms with Crippen LogP contribution in [0.3, 0.4) is 0 Å². The van der Waals surface area contributed by atoms with Gasteiger partial charge in [0.2, 0.25) is 0 Å². The van der Waals surface area contributed by atoms with Gasteiger partial charge in [0.25, 0.3) is 0 Å². The molecule has 0 radical (unpaired) electrons. The first kappa shape index (κ1) is 15.6. The Labute approximate surface area is 98.4 Å². The second-order valence-corrected chi connectivity index (χ2v) is 6.30. The maximum absolute atomic E-state index is 10.9. The molecule has 0 fully saturated rings. The SMILES string of the molecule is CCCC[Si](OC)(OC)OCOC(=O)CC. The van der Waals surface area contributed by atoms with E-state index in [1.807, 2.05) is 0 Å². The van der Waals surface area contributed by atoms with E-state index in [1.54, 1.807) is 21.1 Å². The minimum Gasteiger partial charge on any atom is -0.439 e. The molecule has 0 aliphatic heterocycles. The predicted octanol–water partition coefficient (Wildman–Crippen LogP) is 1.95. The number of esters is 1. The molecule has 0 aromatic carbocycles. The lowest BCUT2D eigenvalue weighted by molar-refractivity contribution is -0.152. The molecule has 0 bridgehead atoms. The summed E-state index contributed by atoms with van der Waals surface area (Å²) in [7, 11) is 0.504. The van der Waals surface area contributed by atoms with Gasteiger partial charge < -0.3 is 18.0 Å². The number of hydrogen-bond acceptors (Lipinski definition) is 5. The van der Waals surface area contributed by atoms with Crippen LogP contribution in [-0.4, -0.2) is 35.8 Å². The summed E-state index contributed by atoms with van der Waals surface area (Å²) in [6.45, 7) is 3.72. The Balaban J connectivity index is 4.05. The molecule has 0 amide bonds. The first-order chi connectivity index (χ1) is 7.64. The maximum Gasteiger partial charge on any atom is 0.502 e. The van der Waals surface area contributed by atoms with Gasteiger partial charge in [0.15, 0.2) is 6.79 Å². The van der Waals surface area contributed by atoms with Crippen molar-refractivity contribution in [2.45, 2.75) is 39.2 Å². The highest BCUT2D eigenvalue weighted by Gasteiger charge is 2.38. The molecule has 0 atom stereocenters. The average molecular weight is 250 g/mol. The van der Waals surface area contributed by atoms with Crippen LogP contribution in [0.4, 0.5) is 0 Å². The smallest absolute Gasteiger partial charge is 0.439 e. The summed E-state index contributed by atoms with van der Waals surface area (Å²) in [6.07, 6.45) is 2.35. The molecule has 0 N–H and O–H groups in total. The zero-order valence-corrected chi connectivity index (χ0v) is 11.6. The van der Waals surface area contributed by atoms with Gasteiger partial charge in [-0.1, -0.05) is 20.3 Å². The first-order valence-corrected chi connectivity index (χ1v) is 7.47. The Kier molecular flexibility index (Phi) is 8.45. The van der Waals surface area contributed by atoms with Gasteiger partial charge in [0.1, 0.15) is 0 Å². The van der Waals surface area contributed by atoms with E-state index in [2.05, 4.69) is 6.92 Å². The Morgan fingerprint density at radius 3 is 2.25 bits per heavy atom. The molecule has 0 aromatic rings. The number of carbonyl (C=O) groups is 1. The van der Waals surface area contributed by atoms with Crippen LogP contribution < -0.4 is 0 Å². The van der Waals surface area contributed by atoms with E-state index in [9.17, 15) is 4.79 Å². The lowest BCUT2D eigenvalue weighted by Gasteiger charge is -2.25. The van der Waals surface area contributed by atoms with E-state index in [4.69, 9.17) is 18.0 Å². The highest BCUT2D eigenvalue weighted by Crippen LogP contribution is 2.17. The zero-order valence-electron chi connectivity index (χ0n) is 10.6. The molecule has 16 heavy (non-hydrogen) atoms. The van der Waals surface area contributed by atoms with Crippen molar-refractivity contribution >= 4 is 14.8 Å². The van der Waals surface area contributed by atoms with E-state index >= 15 is 0 Å². The highest BCUT2D eigenvalue weighted by molar-refractivity contribution is 6.60. The van der Waals surface area contributed by atoms with Crippen LogP contribution in [0, 0.1) is 0 Å². The van der Waals surface area contributed by atoms with E-state index in [0.29, 0.717) is 6.42 Å². The Morgan fingerprint density at radius 2 is 1.81 bits per heavy atom. The lowest BCUT2D eigenvalue weighted by atomic mass is 10.4. The van der Waals surface area contributed by atoms with Gasteiger partial charge in [-0.3, -0.25) is 4.79 Å². The van der Waals surface area contributed by atoms with Crippen molar-refractivity contribution < 1.29 is 22.8 Å².